The van der Waals surface area contributed by atoms with E-state index in [9.17, 15) is 14.0 Å². The standard InChI is InChI=1S/C11H9BrClFO3/c1-2-17-9(16)5-8(15)6-3-4-7(12)10(13)11(6)14/h3-4H,2,5H2,1H3. The summed E-state index contributed by atoms with van der Waals surface area (Å²) in [6, 6.07) is 2.72. The van der Waals surface area contributed by atoms with Crippen LogP contribution in [0.3, 0.4) is 0 Å². The van der Waals surface area contributed by atoms with Gasteiger partial charge in [-0.05, 0) is 35.0 Å². The number of Topliss-reactive ketones (excluding diaryl/α,β-unsaturated/α-hetero) is 1. The van der Waals surface area contributed by atoms with Crippen LogP contribution in [-0.2, 0) is 9.53 Å². The number of halogens is 3. The molecule has 0 amide bonds. The highest BCUT2D eigenvalue weighted by atomic mass is 79.9. The highest BCUT2D eigenvalue weighted by molar-refractivity contribution is 9.10. The Balaban J connectivity index is 2.90. The fraction of sp³-hybridized carbons (Fsp3) is 0.273. The highest BCUT2D eigenvalue weighted by Gasteiger charge is 2.19. The van der Waals surface area contributed by atoms with Gasteiger partial charge in [-0.15, -0.1) is 0 Å². The van der Waals surface area contributed by atoms with Gasteiger partial charge in [-0.2, -0.15) is 0 Å². The van der Waals surface area contributed by atoms with E-state index >= 15 is 0 Å². The summed E-state index contributed by atoms with van der Waals surface area (Å²) < 4.78 is 18.6. The monoisotopic (exact) mass is 322 g/mol. The van der Waals surface area contributed by atoms with E-state index in [2.05, 4.69) is 20.7 Å². The Kier molecular flexibility index (Phi) is 5.08. The quantitative estimate of drug-likeness (QED) is 0.369. The van der Waals surface area contributed by atoms with Gasteiger partial charge in [0.2, 0.25) is 0 Å². The lowest BCUT2D eigenvalue weighted by Crippen LogP contribution is -2.12. The third-order valence-corrected chi connectivity index (χ3v) is 3.20. The molecule has 3 nitrogen and oxygen atoms in total. The Morgan fingerprint density at radius 2 is 2.12 bits per heavy atom. The van der Waals surface area contributed by atoms with Crippen LogP contribution < -0.4 is 0 Å². The topological polar surface area (TPSA) is 43.4 Å². The molecule has 6 heteroatoms. The minimum atomic E-state index is -0.838. The molecule has 1 rings (SSSR count). The number of benzene rings is 1. The maximum absolute atomic E-state index is 13.6. The molecule has 0 heterocycles. The predicted octanol–water partition coefficient (Wildman–Crippen LogP) is 3.38. The number of ketones is 1. The Morgan fingerprint density at radius 1 is 1.47 bits per heavy atom. The smallest absolute Gasteiger partial charge is 0.313 e. The average Bonchev–Trinajstić information content (AvgIpc) is 2.26. The summed E-state index contributed by atoms with van der Waals surface area (Å²) in [5.41, 5.74) is -0.216. The molecule has 0 aliphatic heterocycles. The number of esters is 1. The SMILES string of the molecule is CCOC(=O)CC(=O)c1ccc(Br)c(Cl)c1F. The summed E-state index contributed by atoms with van der Waals surface area (Å²) in [7, 11) is 0. The van der Waals surface area contributed by atoms with E-state index in [0.29, 0.717) is 4.47 Å². The van der Waals surface area contributed by atoms with E-state index in [0.717, 1.165) is 0 Å². The van der Waals surface area contributed by atoms with Gasteiger partial charge >= 0.3 is 5.97 Å². The van der Waals surface area contributed by atoms with Crippen LogP contribution in [0.5, 0.6) is 0 Å². The zero-order chi connectivity index (χ0) is 13.0. The van der Waals surface area contributed by atoms with Gasteiger partial charge in [-0.1, -0.05) is 11.6 Å². The van der Waals surface area contributed by atoms with E-state index in [1.54, 1.807) is 6.92 Å². The van der Waals surface area contributed by atoms with Gasteiger partial charge in [-0.25, -0.2) is 4.39 Å². The Bertz CT molecular complexity index is 462. The van der Waals surface area contributed by atoms with Crippen molar-refractivity contribution in [3.63, 3.8) is 0 Å². The van der Waals surface area contributed by atoms with Crippen LogP contribution in [0, 0.1) is 5.82 Å². The van der Waals surface area contributed by atoms with Crippen molar-refractivity contribution in [3.05, 3.63) is 33.0 Å². The number of hydrogen-bond acceptors (Lipinski definition) is 3. The van der Waals surface area contributed by atoms with Crippen LogP contribution in [0.15, 0.2) is 16.6 Å². The predicted molar refractivity (Wildman–Crippen MR) is 64.7 cm³/mol. The lowest BCUT2D eigenvalue weighted by atomic mass is 10.1. The molecule has 92 valence electrons. The summed E-state index contributed by atoms with van der Waals surface area (Å²) in [5.74, 6) is -2.18. The second-order valence-electron chi connectivity index (χ2n) is 3.13. The van der Waals surface area contributed by atoms with E-state index in [1.165, 1.54) is 12.1 Å². The minimum absolute atomic E-state index is 0.176. The van der Waals surface area contributed by atoms with Crippen molar-refractivity contribution in [1.29, 1.82) is 0 Å². The van der Waals surface area contributed by atoms with Gasteiger partial charge in [-0.3, -0.25) is 9.59 Å². The summed E-state index contributed by atoms with van der Waals surface area (Å²) in [6.45, 7) is 1.80. The molecule has 0 N–H and O–H groups in total. The lowest BCUT2D eigenvalue weighted by Gasteiger charge is -2.05. The van der Waals surface area contributed by atoms with E-state index in [-0.39, 0.29) is 17.2 Å². The first-order valence-corrected chi connectivity index (χ1v) is 5.96. The molecule has 1 aromatic rings. The molecule has 17 heavy (non-hydrogen) atoms. The Labute approximate surface area is 111 Å². The number of hydrogen-bond donors (Lipinski definition) is 0. The molecule has 0 bridgehead atoms. The molecule has 0 saturated carbocycles. The fourth-order valence-corrected chi connectivity index (χ4v) is 1.65. The van der Waals surface area contributed by atoms with Crippen LogP contribution >= 0.6 is 27.5 Å². The van der Waals surface area contributed by atoms with Crippen LogP contribution in [0.2, 0.25) is 5.02 Å². The molecule has 0 aliphatic carbocycles. The highest BCUT2D eigenvalue weighted by Crippen LogP contribution is 2.28. The molecule has 0 unspecified atom stereocenters. The summed E-state index contributed by atoms with van der Waals surface area (Å²) in [6.07, 6.45) is -0.497. The Morgan fingerprint density at radius 3 is 2.71 bits per heavy atom. The number of carbonyl (C=O) groups excluding carboxylic acids is 2. The van der Waals surface area contributed by atoms with Gasteiger partial charge in [0.25, 0.3) is 0 Å². The summed E-state index contributed by atoms with van der Waals surface area (Å²) in [5, 5.41) is -0.181. The summed E-state index contributed by atoms with van der Waals surface area (Å²) in [4.78, 5) is 22.7. The summed E-state index contributed by atoms with van der Waals surface area (Å²) >= 11 is 8.66. The van der Waals surface area contributed by atoms with E-state index in [1.807, 2.05) is 0 Å². The second-order valence-corrected chi connectivity index (χ2v) is 4.36. The van der Waals surface area contributed by atoms with Gasteiger partial charge in [0.1, 0.15) is 6.42 Å². The van der Waals surface area contributed by atoms with Gasteiger partial charge in [0.15, 0.2) is 11.6 Å². The average molecular weight is 324 g/mol. The third-order valence-electron chi connectivity index (χ3n) is 1.95. The van der Waals surface area contributed by atoms with Crippen molar-refractivity contribution in [2.24, 2.45) is 0 Å². The van der Waals surface area contributed by atoms with Crippen molar-refractivity contribution in [1.82, 2.24) is 0 Å². The van der Waals surface area contributed by atoms with E-state index < -0.39 is 24.0 Å². The molecule has 0 saturated heterocycles. The fourth-order valence-electron chi connectivity index (χ4n) is 1.18. The van der Waals surface area contributed by atoms with Crippen molar-refractivity contribution < 1.29 is 18.7 Å². The van der Waals surface area contributed by atoms with Crippen molar-refractivity contribution >= 4 is 39.3 Å². The van der Waals surface area contributed by atoms with Gasteiger partial charge < -0.3 is 4.74 Å². The Hall–Kier alpha value is -0.940. The normalized spacial score (nSPS) is 10.1. The van der Waals surface area contributed by atoms with Crippen LogP contribution in [0.1, 0.15) is 23.7 Å². The molecule has 0 atom stereocenters. The third kappa shape index (κ3) is 3.51. The maximum atomic E-state index is 13.6. The van der Waals surface area contributed by atoms with Crippen LogP contribution in [0.25, 0.3) is 0 Å². The largest absolute Gasteiger partial charge is 0.466 e. The number of carbonyl (C=O) groups is 2. The van der Waals surface area contributed by atoms with Crippen molar-refractivity contribution in [2.75, 3.05) is 6.61 Å². The van der Waals surface area contributed by atoms with Crippen LogP contribution in [0.4, 0.5) is 4.39 Å². The zero-order valence-corrected chi connectivity index (χ0v) is 11.3. The molecule has 1 aromatic carbocycles. The molecule has 0 spiro atoms. The molecule has 0 aliphatic rings. The van der Waals surface area contributed by atoms with Crippen molar-refractivity contribution in [2.45, 2.75) is 13.3 Å². The lowest BCUT2D eigenvalue weighted by molar-refractivity contribution is -0.141. The second kappa shape index (κ2) is 6.12. The first-order valence-electron chi connectivity index (χ1n) is 4.79. The maximum Gasteiger partial charge on any atom is 0.313 e. The molecular weight excluding hydrogens is 314 g/mol. The first-order chi connectivity index (χ1) is 7.97. The molecular formula is C11H9BrClFO3. The first kappa shape index (κ1) is 14.1. The number of rotatable bonds is 4. The van der Waals surface area contributed by atoms with Gasteiger partial charge in [0, 0.05) is 4.47 Å². The molecule has 0 radical (unpaired) electrons. The van der Waals surface area contributed by atoms with E-state index in [4.69, 9.17) is 11.6 Å². The molecule has 0 aromatic heterocycles. The number of ether oxygens (including phenoxy) is 1. The molecule has 0 fully saturated rings. The van der Waals surface area contributed by atoms with Crippen molar-refractivity contribution in [3.8, 4) is 0 Å². The van der Waals surface area contributed by atoms with Gasteiger partial charge in [0.05, 0.1) is 17.2 Å². The zero-order valence-electron chi connectivity index (χ0n) is 8.93. The van der Waals surface area contributed by atoms with Crippen LogP contribution in [-0.4, -0.2) is 18.4 Å². The minimum Gasteiger partial charge on any atom is -0.466 e.